The summed E-state index contributed by atoms with van der Waals surface area (Å²) in [6.45, 7) is 1.14. The first-order chi connectivity index (χ1) is 7.27. The lowest BCUT2D eigenvalue weighted by Gasteiger charge is -2.05. The summed E-state index contributed by atoms with van der Waals surface area (Å²) in [4.78, 5) is 15.7. The summed E-state index contributed by atoms with van der Waals surface area (Å²) in [7, 11) is 0. The zero-order valence-corrected chi connectivity index (χ0v) is 9.45. The maximum absolute atomic E-state index is 11.7. The first-order valence-electron chi connectivity index (χ1n) is 4.50. The van der Waals surface area contributed by atoms with E-state index in [1.807, 2.05) is 12.1 Å². The average molecular weight is 269 g/mol. The van der Waals surface area contributed by atoms with E-state index in [2.05, 4.69) is 26.2 Å². The molecule has 0 atom stereocenters. The van der Waals surface area contributed by atoms with Crippen LogP contribution in [0.15, 0.2) is 33.7 Å². The van der Waals surface area contributed by atoms with Gasteiger partial charge in [-0.25, -0.2) is 4.99 Å². The first-order valence-corrected chi connectivity index (χ1v) is 5.30. The molecule has 1 N–H and O–H groups in total. The Balaban J connectivity index is 2.11. The monoisotopic (exact) mass is 268 g/mol. The third-order valence-corrected chi connectivity index (χ3v) is 2.62. The number of carbonyl (C=O) groups is 1. The molecule has 1 aliphatic heterocycles. The van der Waals surface area contributed by atoms with Crippen LogP contribution in [-0.2, 0) is 4.74 Å². The fraction of sp³-hybridized carbons (Fsp3) is 0.200. The van der Waals surface area contributed by atoms with Crippen LogP contribution in [0.3, 0.4) is 0 Å². The summed E-state index contributed by atoms with van der Waals surface area (Å²) in [5, 5.41) is 2.59. The molecule has 0 saturated heterocycles. The molecule has 1 aromatic rings. The number of halogens is 1. The summed E-state index contributed by atoms with van der Waals surface area (Å²) in [5.41, 5.74) is 0.565. The van der Waals surface area contributed by atoms with Gasteiger partial charge in [0.25, 0.3) is 11.9 Å². The van der Waals surface area contributed by atoms with Crippen LogP contribution in [0, 0.1) is 0 Å². The van der Waals surface area contributed by atoms with Crippen molar-refractivity contribution in [2.24, 2.45) is 4.99 Å². The number of hydrogen-bond donors (Lipinski definition) is 1. The van der Waals surface area contributed by atoms with Crippen molar-refractivity contribution < 1.29 is 9.53 Å². The molecule has 2 rings (SSSR count). The number of carbonyl (C=O) groups excluding carboxylic acids is 1. The minimum Gasteiger partial charge on any atom is -0.463 e. The van der Waals surface area contributed by atoms with Gasteiger partial charge < -0.3 is 4.74 Å². The Morgan fingerprint density at radius 3 is 2.93 bits per heavy atom. The van der Waals surface area contributed by atoms with Gasteiger partial charge in [-0.2, -0.15) is 0 Å². The molecule has 1 aliphatic rings. The van der Waals surface area contributed by atoms with Crippen molar-refractivity contribution in [1.29, 1.82) is 0 Å². The molecule has 0 fully saturated rings. The van der Waals surface area contributed by atoms with Crippen molar-refractivity contribution in [1.82, 2.24) is 5.32 Å². The topological polar surface area (TPSA) is 50.7 Å². The Labute approximate surface area is 95.5 Å². The van der Waals surface area contributed by atoms with Gasteiger partial charge >= 0.3 is 0 Å². The molecule has 0 aliphatic carbocycles. The number of amidine groups is 1. The van der Waals surface area contributed by atoms with Crippen LogP contribution in [0.5, 0.6) is 0 Å². The highest BCUT2D eigenvalue weighted by Crippen LogP contribution is 2.15. The third-order valence-electron chi connectivity index (χ3n) is 1.92. The second-order valence-corrected chi connectivity index (χ2v) is 3.82. The SMILES string of the molecule is O=C(NC1=NCCO1)c1ccccc1Br. The van der Waals surface area contributed by atoms with Gasteiger partial charge in [0.05, 0.1) is 12.1 Å². The van der Waals surface area contributed by atoms with Crippen LogP contribution in [0.1, 0.15) is 10.4 Å². The highest BCUT2D eigenvalue weighted by Gasteiger charge is 2.14. The summed E-state index contributed by atoms with van der Waals surface area (Å²) in [6.07, 6.45) is 0. The van der Waals surface area contributed by atoms with Crippen LogP contribution >= 0.6 is 15.9 Å². The minimum absolute atomic E-state index is 0.219. The molecule has 1 aromatic carbocycles. The van der Waals surface area contributed by atoms with Gasteiger partial charge in [0.1, 0.15) is 6.61 Å². The lowest BCUT2D eigenvalue weighted by Crippen LogP contribution is -2.30. The van der Waals surface area contributed by atoms with Gasteiger partial charge in [0.15, 0.2) is 0 Å². The molecule has 1 heterocycles. The molecular weight excluding hydrogens is 260 g/mol. The van der Waals surface area contributed by atoms with Gasteiger partial charge in [-0.05, 0) is 28.1 Å². The molecule has 0 bridgehead atoms. The van der Waals surface area contributed by atoms with E-state index >= 15 is 0 Å². The van der Waals surface area contributed by atoms with E-state index < -0.39 is 0 Å². The molecular formula is C10H9BrN2O2. The minimum atomic E-state index is -0.219. The van der Waals surface area contributed by atoms with Gasteiger partial charge in [-0.3, -0.25) is 10.1 Å². The molecule has 78 valence electrons. The molecule has 0 unspecified atom stereocenters. The molecule has 0 saturated carbocycles. The number of amides is 1. The van der Waals surface area contributed by atoms with Gasteiger partial charge in [-0.15, -0.1) is 0 Å². The van der Waals surface area contributed by atoms with Crippen molar-refractivity contribution in [3.8, 4) is 0 Å². The normalized spacial score (nSPS) is 14.3. The lowest BCUT2D eigenvalue weighted by molar-refractivity contribution is 0.0967. The highest BCUT2D eigenvalue weighted by atomic mass is 79.9. The van der Waals surface area contributed by atoms with E-state index in [0.717, 1.165) is 4.47 Å². The molecule has 1 amide bonds. The smallest absolute Gasteiger partial charge is 0.291 e. The predicted octanol–water partition coefficient (Wildman–Crippen LogP) is 1.57. The quantitative estimate of drug-likeness (QED) is 0.841. The number of aliphatic imine (C=N–C) groups is 1. The van der Waals surface area contributed by atoms with E-state index in [0.29, 0.717) is 24.7 Å². The number of hydrogen-bond acceptors (Lipinski definition) is 3. The third kappa shape index (κ3) is 2.36. The molecule has 15 heavy (non-hydrogen) atoms. The van der Waals surface area contributed by atoms with E-state index in [1.165, 1.54) is 0 Å². The highest BCUT2D eigenvalue weighted by molar-refractivity contribution is 9.10. The maximum Gasteiger partial charge on any atom is 0.291 e. The maximum atomic E-state index is 11.7. The fourth-order valence-electron chi connectivity index (χ4n) is 1.22. The summed E-state index contributed by atoms with van der Waals surface area (Å²) >= 11 is 3.30. The van der Waals surface area contributed by atoms with Crippen LogP contribution < -0.4 is 5.32 Å². The molecule has 0 spiro atoms. The number of rotatable bonds is 1. The Morgan fingerprint density at radius 2 is 2.27 bits per heavy atom. The molecule has 4 nitrogen and oxygen atoms in total. The van der Waals surface area contributed by atoms with Crippen molar-refractivity contribution in [2.75, 3.05) is 13.2 Å². The number of ether oxygens (including phenoxy) is 1. The zero-order valence-electron chi connectivity index (χ0n) is 7.87. The van der Waals surface area contributed by atoms with Gasteiger partial charge in [0.2, 0.25) is 0 Å². The van der Waals surface area contributed by atoms with Crippen molar-refractivity contribution in [2.45, 2.75) is 0 Å². The van der Waals surface area contributed by atoms with Crippen LogP contribution in [0.25, 0.3) is 0 Å². The Hall–Kier alpha value is -1.36. The van der Waals surface area contributed by atoms with Gasteiger partial charge in [-0.1, -0.05) is 12.1 Å². The van der Waals surface area contributed by atoms with Crippen molar-refractivity contribution in [3.63, 3.8) is 0 Å². The van der Waals surface area contributed by atoms with Crippen LogP contribution in [-0.4, -0.2) is 25.1 Å². The van der Waals surface area contributed by atoms with E-state index in [1.54, 1.807) is 12.1 Å². The number of benzene rings is 1. The lowest BCUT2D eigenvalue weighted by atomic mass is 10.2. The molecule has 0 aromatic heterocycles. The summed E-state index contributed by atoms with van der Waals surface area (Å²) in [5.74, 6) is -0.219. The van der Waals surface area contributed by atoms with Crippen LogP contribution in [0.2, 0.25) is 0 Å². The Bertz CT molecular complexity index is 418. The second-order valence-electron chi connectivity index (χ2n) is 2.97. The van der Waals surface area contributed by atoms with Crippen LogP contribution in [0.4, 0.5) is 0 Å². The predicted molar refractivity (Wildman–Crippen MR) is 59.9 cm³/mol. The first kappa shape index (κ1) is 10.2. The molecule has 0 radical (unpaired) electrons. The Kier molecular flexibility index (Phi) is 3.01. The van der Waals surface area contributed by atoms with Gasteiger partial charge in [0, 0.05) is 4.47 Å². The second kappa shape index (κ2) is 4.44. The fourth-order valence-corrected chi connectivity index (χ4v) is 1.69. The number of nitrogens with one attached hydrogen (secondary N) is 1. The van der Waals surface area contributed by atoms with E-state index in [-0.39, 0.29) is 5.91 Å². The Morgan fingerprint density at radius 1 is 1.47 bits per heavy atom. The van der Waals surface area contributed by atoms with Crippen molar-refractivity contribution >= 4 is 27.9 Å². The average Bonchev–Trinajstić information content (AvgIpc) is 2.71. The molecule has 5 heteroatoms. The van der Waals surface area contributed by atoms with Crippen molar-refractivity contribution in [3.05, 3.63) is 34.3 Å². The number of nitrogens with zero attached hydrogens (tertiary/aromatic N) is 1. The van der Waals surface area contributed by atoms with E-state index in [4.69, 9.17) is 4.74 Å². The largest absolute Gasteiger partial charge is 0.463 e. The van der Waals surface area contributed by atoms with E-state index in [9.17, 15) is 4.79 Å². The summed E-state index contributed by atoms with van der Waals surface area (Å²) in [6, 6.07) is 7.50. The zero-order chi connectivity index (χ0) is 10.7. The standard InChI is InChI=1S/C10H9BrN2O2/c11-8-4-2-1-3-7(8)9(14)13-10-12-5-6-15-10/h1-4H,5-6H2,(H,12,13,14). The summed E-state index contributed by atoms with van der Waals surface area (Å²) < 4.78 is 5.84.